The molecule has 234 valence electrons. The lowest BCUT2D eigenvalue weighted by Gasteiger charge is -2.25. The SMILES string of the molecule is NC(=O)CC(NC(=O)C(CCC(=O)O)NC(=O)C(Cc1c[nH]c2ccccc12)NC(=O)C(N)CCCN=C(N)N)C(=O)O. The van der Waals surface area contributed by atoms with Crippen molar-refractivity contribution in [3.8, 4) is 0 Å². The first-order valence-electron chi connectivity index (χ1n) is 13.3. The molecule has 0 fully saturated rings. The van der Waals surface area contributed by atoms with Gasteiger partial charge in [0.05, 0.1) is 12.5 Å². The van der Waals surface area contributed by atoms with Crippen molar-refractivity contribution in [2.75, 3.05) is 6.54 Å². The summed E-state index contributed by atoms with van der Waals surface area (Å²) in [5.74, 6) is -6.56. The Bertz CT molecular complexity index is 1360. The van der Waals surface area contributed by atoms with Crippen molar-refractivity contribution in [2.45, 2.75) is 62.7 Å². The molecule has 0 aliphatic heterocycles. The minimum Gasteiger partial charge on any atom is -0.481 e. The number of aliphatic imine (C=N–C) groups is 1. The van der Waals surface area contributed by atoms with Crippen LogP contribution in [0, 0.1) is 0 Å². The molecule has 14 N–H and O–H groups in total. The van der Waals surface area contributed by atoms with Crippen LogP contribution in [0.15, 0.2) is 35.5 Å². The van der Waals surface area contributed by atoms with Gasteiger partial charge in [-0.1, -0.05) is 18.2 Å². The number of nitrogens with zero attached hydrogens (tertiary/aromatic N) is 1. The van der Waals surface area contributed by atoms with E-state index in [1.165, 1.54) is 0 Å². The molecular weight excluding hydrogens is 566 g/mol. The summed E-state index contributed by atoms with van der Waals surface area (Å²) < 4.78 is 0. The maximum Gasteiger partial charge on any atom is 0.326 e. The van der Waals surface area contributed by atoms with E-state index in [2.05, 4.69) is 25.9 Å². The van der Waals surface area contributed by atoms with Crippen molar-refractivity contribution in [2.24, 2.45) is 27.9 Å². The van der Waals surface area contributed by atoms with Gasteiger partial charge in [-0.05, 0) is 30.9 Å². The Morgan fingerprint density at radius 2 is 1.49 bits per heavy atom. The van der Waals surface area contributed by atoms with Gasteiger partial charge < -0.3 is 54.1 Å². The molecule has 0 radical (unpaired) electrons. The number of carboxylic acid groups (broad SMARTS) is 2. The number of amides is 4. The highest BCUT2D eigenvalue weighted by Gasteiger charge is 2.31. The van der Waals surface area contributed by atoms with E-state index in [1.54, 1.807) is 18.3 Å². The van der Waals surface area contributed by atoms with Crippen LogP contribution in [0.2, 0.25) is 0 Å². The van der Waals surface area contributed by atoms with Crippen LogP contribution < -0.4 is 38.9 Å². The number of carbonyl (C=O) groups is 6. The van der Waals surface area contributed by atoms with Crippen molar-refractivity contribution in [3.63, 3.8) is 0 Å². The number of primary amides is 1. The summed E-state index contributed by atoms with van der Waals surface area (Å²) >= 11 is 0. The maximum atomic E-state index is 13.5. The largest absolute Gasteiger partial charge is 0.481 e. The first-order valence-corrected chi connectivity index (χ1v) is 13.3. The summed E-state index contributed by atoms with van der Waals surface area (Å²) in [5, 5.41) is 26.3. The Labute approximate surface area is 245 Å². The summed E-state index contributed by atoms with van der Waals surface area (Å²) in [6.45, 7) is 0.232. The quantitative estimate of drug-likeness (QED) is 0.0477. The molecule has 2 rings (SSSR count). The fourth-order valence-corrected chi connectivity index (χ4v) is 4.14. The fourth-order valence-electron chi connectivity index (χ4n) is 4.14. The predicted molar refractivity (Wildman–Crippen MR) is 154 cm³/mol. The summed E-state index contributed by atoms with van der Waals surface area (Å²) in [5.41, 5.74) is 23.1. The molecule has 43 heavy (non-hydrogen) atoms. The highest BCUT2D eigenvalue weighted by Crippen LogP contribution is 2.19. The lowest BCUT2D eigenvalue weighted by atomic mass is 10.0. The van der Waals surface area contributed by atoms with Crippen LogP contribution >= 0.6 is 0 Å². The Balaban J connectivity index is 2.29. The van der Waals surface area contributed by atoms with Gasteiger partial charge in [0.25, 0.3) is 0 Å². The smallest absolute Gasteiger partial charge is 0.326 e. The Hall–Kier alpha value is -5.19. The monoisotopic (exact) mass is 603 g/mol. The van der Waals surface area contributed by atoms with Crippen molar-refractivity contribution in [1.82, 2.24) is 20.9 Å². The third-order valence-electron chi connectivity index (χ3n) is 6.34. The van der Waals surface area contributed by atoms with Crippen LogP contribution in [-0.2, 0) is 35.2 Å². The second kappa shape index (κ2) is 16.3. The molecule has 2 aromatic rings. The number of hydrogen-bond donors (Lipinski definition) is 10. The van der Waals surface area contributed by atoms with Gasteiger partial charge in [0.2, 0.25) is 23.6 Å². The number of nitrogens with one attached hydrogen (secondary N) is 4. The van der Waals surface area contributed by atoms with Crippen molar-refractivity contribution < 1.29 is 39.0 Å². The molecule has 0 aliphatic rings. The number of carboxylic acids is 2. The van der Waals surface area contributed by atoms with Crippen molar-refractivity contribution in [1.29, 1.82) is 0 Å². The standard InChI is InChI=1S/C26H37N9O8/c27-15(5-3-9-31-26(29)30)22(39)34-18(10-13-12-32-16-6-2-1-4-14(13)16)24(41)33-17(7-8-21(37)38)23(40)35-19(25(42)43)11-20(28)36/h1-2,4,6,12,15,17-19,32H,3,5,7-11,27H2,(H2,28,36)(H,33,41)(H,34,39)(H,35,40)(H,37,38)(H,42,43)(H4,29,30,31). The van der Waals surface area contributed by atoms with Gasteiger partial charge in [0.1, 0.15) is 18.1 Å². The molecule has 17 heteroatoms. The third kappa shape index (κ3) is 11.3. The number of nitrogens with two attached hydrogens (primary N) is 4. The number of aliphatic carboxylic acids is 2. The van der Waals surface area contributed by atoms with Gasteiger partial charge in [0.15, 0.2) is 5.96 Å². The minimum atomic E-state index is -1.71. The zero-order valence-corrected chi connectivity index (χ0v) is 23.2. The average molecular weight is 604 g/mol. The lowest BCUT2D eigenvalue weighted by Crippen LogP contribution is -2.57. The van der Waals surface area contributed by atoms with E-state index in [1.807, 2.05) is 12.1 Å². The highest BCUT2D eigenvalue weighted by atomic mass is 16.4. The fraction of sp³-hybridized carbons (Fsp3) is 0.423. The zero-order chi connectivity index (χ0) is 32.1. The Kier molecular flexibility index (Phi) is 12.9. The third-order valence-corrected chi connectivity index (χ3v) is 6.34. The Morgan fingerprint density at radius 3 is 2.12 bits per heavy atom. The average Bonchev–Trinajstić information content (AvgIpc) is 3.34. The maximum absolute atomic E-state index is 13.5. The number of H-pyrrole nitrogens is 1. The van der Waals surface area contributed by atoms with Gasteiger partial charge in [0, 0.05) is 36.5 Å². The van der Waals surface area contributed by atoms with E-state index in [-0.39, 0.29) is 25.3 Å². The van der Waals surface area contributed by atoms with Gasteiger partial charge in [-0.2, -0.15) is 0 Å². The molecule has 0 aliphatic carbocycles. The highest BCUT2D eigenvalue weighted by molar-refractivity contribution is 5.95. The zero-order valence-electron chi connectivity index (χ0n) is 23.2. The molecule has 4 unspecified atom stereocenters. The van der Waals surface area contributed by atoms with Crippen LogP contribution in [0.5, 0.6) is 0 Å². The number of para-hydroxylation sites is 1. The number of fused-ring (bicyclic) bond motifs is 1. The Morgan fingerprint density at radius 1 is 0.860 bits per heavy atom. The number of carbonyl (C=O) groups excluding carboxylic acids is 4. The number of hydrogen-bond acceptors (Lipinski definition) is 8. The van der Waals surface area contributed by atoms with Crippen LogP contribution in [-0.4, -0.2) is 87.4 Å². The van der Waals surface area contributed by atoms with Gasteiger partial charge >= 0.3 is 11.9 Å². The molecule has 1 aromatic carbocycles. The second-order valence-corrected chi connectivity index (χ2v) is 9.74. The molecular formula is C26H37N9O8. The molecule has 17 nitrogen and oxygen atoms in total. The predicted octanol–water partition coefficient (Wildman–Crippen LogP) is -2.63. The van der Waals surface area contributed by atoms with Crippen molar-refractivity contribution in [3.05, 3.63) is 36.0 Å². The summed E-state index contributed by atoms with van der Waals surface area (Å²) in [6, 6.07) is 1.65. The lowest BCUT2D eigenvalue weighted by molar-refractivity contribution is -0.144. The number of aromatic amines is 1. The summed E-state index contributed by atoms with van der Waals surface area (Å²) in [6.07, 6.45) is 0.446. The van der Waals surface area contributed by atoms with E-state index < -0.39 is 79.0 Å². The molecule has 0 saturated carbocycles. The minimum absolute atomic E-state index is 0.0466. The number of guanidine groups is 1. The van der Waals surface area contributed by atoms with E-state index >= 15 is 0 Å². The molecule has 1 aromatic heterocycles. The van der Waals surface area contributed by atoms with Crippen LogP contribution in [0.3, 0.4) is 0 Å². The summed E-state index contributed by atoms with van der Waals surface area (Å²) in [4.78, 5) is 80.3. The molecule has 0 bridgehead atoms. The molecule has 1 heterocycles. The molecule has 0 spiro atoms. The normalized spacial score (nSPS) is 13.6. The number of rotatable bonds is 18. The second-order valence-electron chi connectivity index (χ2n) is 9.74. The molecule has 0 saturated heterocycles. The topological polar surface area (TPSA) is 311 Å². The molecule has 4 amide bonds. The van der Waals surface area contributed by atoms with E-state index in [4.69, 9.17) is 28.0 Å². The van der Waals surface area contributed by atoms with E-state index in [0.717, 1.165) is 10.9 Å². The van der Waals surface area contributed by atoms with Gasteiger partial charge in [-0.15, -0.1) is 0 Å². The first-order chi connectivity index (χ1) is 20.3. The summed E-state index contributed by atoms with van der Waals surface area (Å²) in [7, 11) is 0. The van der Waals surface area contributed by atoms with Gasteiger partial charge in [-0.25, -0.2) is 4.79 Å². The van der Waals surface area contributed by atoms with Crippen LogP contribution in [0.1, 0.15) is 37.7 Å². The van der Waals surface area contributed by atoms with Crippen LogP contribution in [0.4, 0.5) is 0 Å². The molecule has 4 atom stereocenters. The van der Waals surface area contributed by atoms with Crippen molar-refractivity contribution >= 4 is 52.4 Å². The van der Waals surface area contributed by atoms with Gasteiger partial charge in [-0.3, -0.25) is 29.0 Å². The number of benzene rings is 1. The van der Waals surface area contributed by atoms with E-state index in [0.29, 0.717) is 12.0 Å². The number of aromatic nitrogens is 1. The van der Waals surface area contributed by atoms with Crippen LogP contribution in [0.25, 0.3) is 10.9 Å². The van der Waals surface area contributed by atoms with E-state index in [9.17, 15) is 33.9 Å². The first kappa shape index (κ1) is 34.0.